The van der Waals surface area contributed by atoms with Gasteiger partial charge < -0.3 is 0 Å². The first-order valence-electron chi connectivity index (χ1n) is 5.43. The predicted octanol–water partition coefficient (Wildman–Crippen LogP) is 3.78. The van der Waals surface area contributed by atoms with Gasteiger partial charge in [-0.15, -0.1) is 0 Å². The van der Waals surface area contributed by atoms with Crippen LogP contribution in [0.4, 0.5) is 0 Å². The standard InChI is InChI=1S/C12H20/c1-9-3-5-12-8-10(2)4-6-11(12)7-9/h7,10-12H,3-6,8H2,1-2H3. The summed E-state index contributed by atoms with van der Waals surface area (Å²) in [5, 5.41) is 0. The second-order valence-corrected chi connectivity index (χ2v) is 4.89. The molecule has 0 heterocycles. The summed E-state index contributed by atoms with van der Waals surface area (Å²) in [5.41, 5.74) is 1.64. The Kier molecular flexibility index (Phi) is 2.25. The predicted molar refractivity (Wildman–Crippen MR) is 53.0 cm³/mol. The van der Waals surface area contributed by atoms with E-state index in [-0.39, 0.29) is 0 Å². The van der Waals surface area contributed by atoms with Gasteiger partial charge >= 0.3 is 0 Å². The molecule has 0 bridgehead atoms. The van der Waals surface area contributed by atoms with Crippen molar-refractivity contribution in [2.75, 3.05) is 0 Å². The molecule has 1 saturated carbocycles. The van der Waals surface area contributed by atoms with Crippen LogP contribution in [0.1, 0.15) is 46.0 Å². The van der Waals surface area contributed by atoms with E-state index < -0.39 is 0 Å². The minimum absolute atomic E-state index is 0.954. The van der Waals surface area contributed by atoms with Crippen LogP contribution in [0.25, 0.3) is 0 Å². The van der Waals surface area contributed by atoms with Crippen LogP contribution < -0.4 is 0 Å². The lowest BCUT2D eigenvalue weighted by Gasteiger charge is -2.36. The van der Waals surface area contributed by atoms with Crippen molar-refractivity contribution in [2.24, 2.45) is 17.8 Å². The summed E-state index contributed by atoms with van der Waals surface area (Å²) in [6.07, 6.45) is 9.81. The third kappa shape index (κ3) is 1.57. The Balaban J connectivity index is 2.05. The van der Waals surface area contributed by atoms with Gasteiger partial charge in [0.1, 0.15) is 0 Å². The van der Waals surface area contributed by atoms with Crippen molar-refractivity contribution >= 4 is 0 Å². The fourth-order valence-electron chi connectivity index (χ4n) is 2.94. The molecule has 3 atom stereocenters. The van der Waals surface area contributed by atoms with Crippen molar-refractivity contribution in [2.45, 2.75) is 46.0 Å². The van der Waals surface area contributed by atoms with Crippen LogP contribution in [0.3, 0.4) is 0 Å². The lowest BCUT2D eigenvalue weighted by atomic mass is 9.69. The van der Waals surface area contributed by atoms with Crippen molar-refractivity contribution in [3.63, 3.8) is 0 Å². The first kappa shape index (κ1) is 8.34. The van der Waals surface area contributed by atoms with Crippen LogP contribution in [-0.4, -0.2) is 0 Å². The highest BCUT2D eigenvalue weighted by Gasteiger charge is 2.28. The van der Waals surface area contributed by atoms with E-state index in [2.05, 4.69) is 19.9 Å². The van der Waals surface area contributed by atoms with Crippen LogP contribution in [0.5, 0.6) is 0 Å². The van der Waals surface area contributed by atoms with Crippen molar-refractivity contribution in [3.8, 4) is 0 Å². The Bertz CT molecular complexity index is 190. The van der Waals surface area contributed by atoms with Crippen molar-refractivity contribution in [1.82, 2.24) is 0 Å². The van der Waals surface area contributed by atoms with Gasteiger partial charge in [-0.2, -0.15) is 0 Å². The summed E-state index contributed by atoms with van der Waals surface area (Å²) in [7, 11) is 0. The summed E-state index contributed by atoms with van der Waals surface area (Å²) in [5.74, 6) is 2.99. The molecule has 0 radical (unpaired) electrons. The summed E-state index contributed by atoms with van der Waals surface area (Å²) in [6.45, 7) is 4.72. The lowest BCUT2D eigenvalue weighted by Crippen LogP contribution is -2.25. The molecule has 0 aromatic carbocycles. The van der Waals surface area contributed by atoms with E-state index in [4.69, 9.17) is 0 Å². The third-order valence-electron chi connectivity index (χ3n) is 3.71. The van der Waals surface area contributed by atoms with E-state index in [0.29, 0.717) is 0 Å². The molecule has 0 spiro atoms. The van der Waals surface area contributed by atoms with E-state index in [9.17, 15) is 0 Å². The van der Waals surface area contributed by atoms with Crippen LogP contribution in [0.15, 0.2) is 11.6 Å². The fraction of sp³-hybridized carbons (Fsp3) is 0.833. The highest BCUT2D eigenvalue weighted by Crippen LogP contribution is 2.41. The van der Waals surface area contributed by atoms with Crippen LogP contribution in [-0.2, 0) is 0 Å². The maximum atomic E-state index is 2.56. The molecule has 2 rings (SSSR count). The molecule has 0 nitrogen and oxygen atoms in total. The van der Waals surface area contributed by atoms with Gasteiger partial charge in [-0.1, -0.05) is 25.0 Å². The zero-order valence-electron chi connectivity index (χ0n) is 8.34. The molecule has 0 amide bonds. The molecule has 68 valence electrons. The fourth-order valence-corrected chi connectivity index (χ4v) is 2.94. The smallest absolute Gasteiger partial charge is 0.0202 e. The average Bonchev–Trinajstić information content (AvgIpc) is 2.05. The van der Waals surface area contributed by atoms with Gasteiger partial charge in [-0.3, -0.25) is 0 Å². The second kappa shape index (κ2) is 3.24. The maximum absolute atomic E-state index is 2.56. The zero-order chi connectivity index (χ0) is 8.55. The molecule has 12 heavy (non-hydrogen) atoms. The van der Waals surface area contributed by atoms with E-state index >= 15 is 0 Å². The van der Waals surface area contributed by atoms with E-state index in [1.165, 1.54) is 32.1 Å². The zero-order valence-corrected chi connectivity index (χ0v) is 8.34. The highest BCUT2D eigenvalue weighted by molar-refractivity contribution is 5.08. The quantitative estimate of drug-likeness (QED) is 0.478. The minimum Gasteiger partial charge on any atom is -0.0822 e. The summed E-state index contributed by atoms with van der Waals surface area (Å²) in [6, 6.07) is 0. The first-order valence-corrected chi connectivity index (χ1v) is 5.43. The Morgan fingerprint density at radius 3 is 2.92 bits per heavy atom. The third-order valence-corrected chi connectivity index (χ3v) is 3.71. The van der Waals surface area contributed by atoms with Gasteiger partial charge in [0, 0.05) is 0 Å². The molecule has 3 unspecified atom stereocenters. The molecule has 0 aliphatic heterocycles. The topological polar surface area (TPSA) is 0 Å². The van der Waals surface area contributed by atoms with Gasteiger partial charge in [-0.05, 0) is 50.4 Å². The van der Waals surface area contributed by atoms with E-state index in [1.807, 2.05) is 0 Å². The van der Waals surface area contributed by atoms with Gasteiger partial charge in [0.05, 0.1) is 0 Å². The normalized spacial score (nSPS) is 41.8. The number of fused-ring (bicyclic) bond motifs is 1. The summed E-state index contributed by atoms with van der Waals surface area (Å²) in [4.78, 5) is 0. The molecule has 0 N–H and O–H groups in total. The molecule has 0 aromatic heterocycles. The van der Waals surface area contributed by atoms with Crippen molar-refractivity contribution < 1.29 is 0 Å². The molecule has 2 aliphatic carbocycles. The average molecular weight is 164 g/mol. The van der Waals surface area contributed by atoms with E-state index in [0.717, 1.165) is 17.8 Å². The Morgan fingerprint density at radius 1 is 1.25 bits per heavy atom. The lowest BCUT2D eigenvalue weighted by molar-refractivity contribution is 0.204. The first-order chi connectivity index (χ1) is 5.75. The maximum Gasteiger partial charge on any atom is -0.0202 e. The molecule has 2 aliphatic rings. The van der Waals surface area contributed by atoms with Gasteiger partial charge in [0.2, 0.25) is 0 Å². The largest absolute Gasteiger partial charge is 0.0822 e. The van der Waals surface area contributed by atoms with Crippen LogP contribution in [0.2, 0.25) is 0 Å². The van der Waals surface area contributed by atoms with Crippen LogP contribution >= 0.6 is 0 Å². The monoisotopic (exact) mass is 164 g/mol. The molecular weight excluding hydrogens is 144 g/mol. The van der Waals surface area contributed by atoms with Crippen LogP contribution in [0, 0.1) is 17.8 Å². The van der Waals surface area contributed by atoms with E-state index in [1.54, 1.807) is 5.57 Å². The van der Waals surface area contributed by atoms with Gasteiger partial charge in [-0.25, -0.2) is 0 Å². The van der Waals surface area contributed by atoms with Gasteiger partial charge in [0.25, 0.3) is 0 Å². The molecule has 0 aromatic rings. The molecule has 0 saturated heterocycles. The number of hydrogen-bond donors (Lipinski definition) is 0. The number of allylic oxidation sites excluding steroid dienone is 2. The summed E-state index contributed by atoms with van der Waals surface area (Å²) >= 11 is 0. The summed E-state index contributed by atoms with van der Waals surface area (Å²) < 4.78 is 0. The molecular formula is C12H20. The van der Waals surface area contributed by atoms with Gasteiger partial charge in [0.15, 0.2) is 0 Å². The number of hydrogen-bond acceptors (Lipinski definition) is 0. The SMILES string of the molecule is CC1=CC2CCC(C)CC2CC1. The number of rotatable bonds is 0. The second-order valence-electron chi connectivity index (χ2n) is 4.89. The van der Waals surface area contributed by atoms with Crippen molar-refractivity contribution in [3.05, 3.63) is 11.6 Å². The highest BCUT2D eigenvalue weighted by atomic mass is 14.3. The Morgan fingerprint density at radius 2 is 2.08 bits per heavy atom. The molecule has 0 heteroatoms. The van der Waals surface area contributed by atoms with Crippen molar-refractivity contribution in [1.29, 1.82) is 0 Å². The Hall–Kier alpha value is -0.260. The molecule has 1 fully saturated rings. The Labute approximate surface area is 76.1 Å². The minimum atomic E-state index is 0.954.